The predicted molar refractivity (Wildman–Crippen MR) is 78.8 cm³/mol. The molecule has 1 aromatic rings. The van der Waals surface area contributed by atoms with Crippen molar-refractivity contribution in [3.63, 3.8) is 0 Å². The largest absolute Gasteiger partial charge is 0.379 e. The Kier molecular flexibility index (Phi) is 4.19. The van der Waals surface area contributed by atoms with E-state index in [-0.39, 0.29) is 0 Å². The van der Waals surface area contributed by atoms with Gasteiger partial charge in [-0.3, -0.25) is 4.90 Å². The molecule has 0 aromatic heterocycles. The molecule has 0 aliphatic carbocycles. The number of hydrogen-bond donors (Lipinski definition) is 0. The number of piperidine rings is 1. The molecule has 3 rings (SSSR count). The summed E-state index contributed by atoms with van der Waals surface area (Å²) < 4.78 is 5.42. The molecule has 2 aliphatic rings. The molecule has 2 saturated heterocycles. The van der Waals surface area contributed by atoms with Gasteiger partial charge in [-0.2, -0.15) is 5.26 Å². The van der Waals surface area contributed by atoms with E-state index in [9.17, 15) is 0 Å². The molecule has 4 heteroatoms. The molecule has 0 spiro atoms. The molecule has 106 valence electrons. The summed E-state index contributed by atoms with van der Waals surface area (Å²) in [6.45, 7) is 6.15. The molecular weight excluding hydrogens is 250 g/mol. The SMILES string of the molecule is N#Cc1ccc(N2CCC(N3CCOCC3)CC2)cc1. The molecule has 0 N–H and O–H groups in total. The molecule has 1 aromatic carbocycles. The van der Waals surface area contributed by atoms with Crippen LogP contribution in [0.15, 0.2) is 24.3 Å². The summed E-state index contributed by atoms with van der Waals surface area (Å²) in [6.07, 6.45) is 2.44. The zero-order chi connectivity index (χ0) is 13.8. The fourth-order valence-corrected chi connectivity index (χ4v) is 3.18. The third-order valence-corrected chi connectivity index (χ3v) is 4.39. The average Bonchev–Trinajstić information content (AvgIpc) is 2.56. The van der Waals surface area contributed by atoms with Crippen LogP contribution >= 0.6 is 0 Å². The van der Waals surface area contributed by atoms with Gasteiger partial charge in [0.15, 0.2) is 0 Å². The minimum absolute atomic E-state index is 0.716. The van der Waals surface area contributed by atoms with Gasteiger partial charge in [0.05, 0.1) is 24.8 Å². The fraction of sp³-hybridized carbons (Fsp3) is 0.562. The van der Waals surface area contributed by atoms with Crippen LogP contribution in [0.2, 0.25) is 0 Å². The van der Waals surface area contributed by atoms with E-state index in [0.29, 0.717) is 6.04 Å². The standard InChI is InChI=1S/C16H21N3O/c17-13-14-1-3-15(4-2-14)18-7-5-16(6-8-18)19-9-11-20-12-10-19/h1-4,16H,5-12H2. The van der Waals surface area contributed by atoms with Gasteiger partial charge in [0, 0.05) is 37.9 Å². The molecular formula is C16H21N3O. The van der Waals surface area contributed by atoms with Gasteiger partial charge < -0.3 is 9.64 Å². The maximum atomic E-state index is 8.84. The van der Waals surface area contributed by atoms with Crippen LogP contribution in [0.1, 0.15) is 18.4 Å². The van der Waals surface area contributed by atoms with Crippen molar-refractivity contribution in [2.45, 2.75) is 18.9 Å². The number of morpholine rings is 1. The van der Waals surface area contributed by atoms with Crippen LogP contribution in [-0.4, -0.2) is 50.3 Å². The second-order valence-electron chi connectivity index (χ2n) is 5.53. The molecule has 0 bridgehead atoms. The highest BCUT2D eigenvalue weighted by atomic mass is 16.5. The van der Waals surface area contributed by atoms with Gasteiger partial charge in [0.1, 0.15) is 0 Å². The second kappa shape index (κ2) is 6.25. The summed E-state index contributed by atoms with van der Waals surface area (Å²) in [5.74, 6) is 0. The first-order valence-electron chi connectivity index (χ1n) is 7.44. The maximum absolute atomic E-state index is 8.84. The highest BCUT2D eigenvalue weighted by Gasteiger charge is 2.25. The lowest BCUT2D eigenvalue weighted by Gasteiger charge is -2.40. The van der Waals surface area contributed by atoms with Crippen molar-refractivity contribution in [1.29, 1.82) is 5.26 Å². The van der Waals surface area contributed by atoms with Crippen molar-refractivity contribution in [2.24, 2.45) is 0 Å². The van der Waals surface area contributed by atoms with Gasteiger partial charge in [-0.15, -0.1) is 0 Å². The molecule has 0 saturated carbocycles. The van der Waals surface area contributed by atoms with Crippen LogP contribution in [0.5, 0.6) is 0 Å². The first-order chi connectivity index (χ1) is 9.86. The van der Waals surface area contributed by atoms with Crippen molar-refractivity contribution < 1.29 is 4.74 Å². The van der Waals surface area contributed by atoms with Crippen LogP contribution < -0.4 is 4.90 Å². The third kappa shape index (κ3) is 2.95. The van der Waals surface area contributed by atoms with Gasteiger partial charge >= 0.3 is 0 Å². The lowest BCUT2D eigenvalue weighted by atomic mass is 10.0. The average molecular weight is 271 g/mol. The van der Waals surface area contributed by atoms with Crippen molar-refractivity contribution in [2.75, 3.05) is 44.3 Å². The van der Waals surface area contributed by atoms with E-state index in [1.54, 1.807) is 0 Å². The Balaban J connectivity index is 1.56. The Morgan fingerprint density at radius 2 is 1.65 bits per heavy atom. The summed E-state index contributed by atoms with van der Waals surface area (Å²) in [7, 11) is 0. The van der Waals surface area contributed by atoms with Crippen molar-refractivity contribution in [3.05, 3.63) is 29.8 Å². The number of benzene rings is 1. The van der Waals surface area contributed by atoms with Gasteiger partial charge in [-0.1, -0.05) is 0 Å². The van der Waals surface area contributed by atoms with E-state index >= 15 is 0 Å². The van der Waals surface area contributed by atoms with Gasteiger partial charge in [0.2, 0.25) is 0 Å². The Hall–Kier alpha value is -1.57. The molecule has 2 fully saturated rings. The third-order valence-electron chi connectivity index (χ3n) is 4.39. The van der Waals surface area contributed by atoms with Crippen molar-refractivity contribution in [3.8, 4) is 6.07 Å². The molecule has 20 heavy (non-hydrogen) atoms. The van der Waals surface area contributed by atoms with Gasteiger partial charge in [0.25, 0.3) is 0 Å². The number of rotatable bonds is 2. The van der Waals surface area contributed by atoms with Crippen LogP contribution in [0.25, 0.3) is 0 Å². The molecule has 0 atom stereocenters. The Morgan fingerprint density at radius 3 is 2.25 bits per heavy atom. The minimum Gasteiger partial charge on any atom is -0.379 e. The van der Waals surface area contributed by atoms with Crippen LogP contribution in [0.3, 0.4) is 0 Å². The molecule has 2 aliphatic heterocycles. The Bertz CT molecular complexity index is 465. The van der Waals surface area contributed by atoms with E-state index in [4.69, 9.17) is 10.00 Å². The maximum Gasteiger partial charge on any atom is 0.0991 e. The summed E-state index contributed by atoms with van der Waals surface area (Å²) >= 11 is 0. The number of nitrogens with zero attached hydrogens (tertiary/aromatic N) is 3. The molecule has 0 radical (unpaired) electrons. The summed E-state index contributed by atoms with van der Waals surface area (Å²) in [5, 5.41) is 8.84. The van der Waals surface area contributed by atoms with Crippen molar-refractivity contribution >= 4 is 5.69 Å². The van der Waals surface area contributed by atoms with E-state index in [2.05, 4.69) is 28.0 Å². The van der Waals surface area contributed by atoms with Crippen molar-refractivity contribution in [1.82, 2.24) is 4.90 Å². The number of nitriles is 1. The summed E-state index contributed by atoms with van der Waals surface area (Å²) in [6, 6.07) is 10.8. The fourth-order valence-electron chi connectivity index (χ4n) is 3.18. The van der Waals surface area contributed by atoms with Gasteiger partial charge in [-0.25, -0.2) is 0 Å². The van der Waals surface area contributed by atoms with Crippen LogP contribution in [-0.2, 0) is 4.74 Å². The smallest absolute Gasteiger partial charge is 0.0991 e. The highest BCUT2D eigenvalue weighted by molar-refractivity contribution is 5.50. The number of hydrogen-bond acceptors (Lipinski definition) is 4. The lowest BCUT2D eigenvalue weighted by Crippen LogP contribution is -2.49. The topological polar surface area (TPSA) is 39.5 Å². The Labute approximate surface area is 120 Å². The van der Waals surface area contributed by atoms with Crippen LogP contribution in [0.4, 0.5) is 5.69 Å². The van der Waals surface area contributed by atoms with Gasteiger partial charge in [-0.05, 0) is 37.1 Å². The first-order valence-corrected chi connectivity index (χ1v) is 7.44. The molecule has 0 amide bonds. The zero-order valence-electron chi connectivity index (χ0n) is 11.8. The minimum atomic E-state index is 0.716. The quantitative estimate of drug-likeness (QED) is 0.823. The normalized spacial score (nSPS) is 21.6. The Morgan fingerprint density at radius 1 is 1.00 bits per heavy atom. The van der Waals surface area contributed by atoms with E-state index < -0.39 is 0 Å². The van der Waals surface area contributed by atoms with E-state index in [0.717, 1.165) is 45.0 Å². The predicted octanol–water partition coefficient (Wildman–Crippen LogP) is 1.86. The summed E-state index contributed by atoms with van der Waals surface area (Å²) in [4.78, 5) is 5.01. The molecule has 0 unspecified atom stereocenters. The number of ether oxygens (including phenoxy) is 1. The first kappa shape index (κ1) is 13.4. The highest BCUT2D eigenvalue weighted by Crippen LogP contribution is 2.23. The second-order valence-corrected chi connectivity index (χ2v) is 5.53. The summed E-state index contributed by atoms with van der Waals surface area (Å²) in [5.41, 5.74) is 1.97. The van der Waals surface area contributed by atoms with Crippen LogP contribution in [0, 0.1) is 11.3 Å². The molecule has 2 heterocycles. The lowest BCUT2D eigenvalue weighted by molar-refractivity contribution is 0.0115. The van der Waals surface area contributed by atoms with E-state index in [1.165, 1.54) is 18.5 Å². The number of anilines is 1. The zero-order valence-corrected chi connectivity index (χ0v) is 11.8. The monoisotopic (exact) mass is 271 g/mol. The van der Waals surface area contributed by atoms with E-state index in [1.807, 2.05) is 12.1 Å². The molecule has 4 nitrogen and oxygen atoms in total.